The number of hydrogen-bond donors (Lipinski definition) is 1. The molecule has 0 atom stereocenters. The Labute approximate surface area is 183 Å². The molecule has 1 N–H and O–H groups in total. The zero-order chi connectivity index (χ0) is 19.9. The third kappa shape index (κ3) is 5.89. The Morgan fingerprint density at radius 1 is 0.893 bits per heavy atom. The van der Waals surface area contributed by atoms with Gasteiger partial charge in [-0.25, -0.2) is 0 Å². The van der Waals surface area contributed by atoms with Crippen molar-refractivity contribution < 1.29 is 9.47 Å². The second kappa shape index (κ2) is 10.2. The van der Waals surface area contributed by atoms with Gasteiger partial charge in [0.05, 0.1) is 7.11 Å². The Morgan fingerprint density at radius 3 is 2.39 bits per heavy atom. The summed E-state index contributed by atoms with van der Waals surface area (Å²) in [5, 5.41) is 4.67. The van der Waals surface area contributed by atoms with Gasteiger partial charge < -0.3 is 14.8 Å². The molecule has 3 rings (SSSR count). The van der Waals surface area contributed by atoms with Crippen molar-refractivity contribution in [3.63, 3.8) is 0 Å². The second-order valence-electron chi connectivity index (χ2n) is 6.23. The summed E-state index contributed by atoms with van der Waals surface area (Å²) in [6, 6.07) is 19.4. The van der Waals surface area contributed by atoms with Gasteiger partial charge >= 0.3 is 0 Å². The molecule has 0 fully saturated rings. The molecule has 6 heteroatoms. The zero-order valence-electron chi connectivity index (χ0n) is 15.3. The fourth-order valence-corrected chi connectivity index (χ4v) is 3.58. The lowest BCUT2D eigenvalue weighted by Crippen LogP contribution is -2.13. The van der Waals surface area contributed by atoms with E-state index in [1.165, 1.54) is 5.56 Å². The van der Waals surface area contributed by atoms with Crippen LogP contribution in [-0.2, 0) is 19.7 Å². The van der Waals surface area contributed by atoms with E-state index < -0.39 is 0 Å². The van der Waals surface area contributed by atoms with Crippen molar-refractivity contribution in [3.05, 3.63) is 91.9 Å². The smallest absolute Gasteiger partial charge is 0.124 e. The molecule has 0 saturated carbocycles. The lowest BCUT2D eigenvalue weighted by Gasteiger charge is -2.14. The molecule has 0 amide bonds. The van der Waals surface area contributed by atoms with Gasteiger partial charge in [-0.3, -0.25) is 0 Å². The van der Waals surface area contributed by atoms with E-state index in [2.05, 4.69) is 27.3 Å². The Hall–Kier alpha value is -1.72. The van der Waals surface area contributed by atoms with Crippen molar-refractivity contribution in [2.24, 2.45) is 0 Å². The first-order valence-electron chi connectivity index (χ1n) is 8.74. The van der Waals surface area contributed by atoms with Crippen molar-refractivity contribution >= 4 is 39.1 Å². The van der Waals surface area contributed by atoms with E-state index in [-0.39, 0.29) is 0 Å². The van der Waals surface area contributed by atoms with Gasteiger partial charge in [-0.05, 0) is 48.0 Å². The first-order chi connectivity index (χ1) is 13.5. The molecule has 3 aromatic rings. The molecule has 0 aliphatic carbocycles. The highest BCUT2D eigenvalue weighted by Crippen LogP contribution is 2.26. The molecule has 3 aromatic carbocycles. The highest BCUT2D eigenvalue weighted by molar-refractivity contribution is 9.10. The van der Waals surface area contributed by atoms with Crippen molar-refractivity contribution in [3.8, 4) is 11.5 Å². The number of methoxy groups -OCH3 is 1. The number of nitrogens with one attached hydrogen (secondary N) is 1. The molecule has 0 unspecified atom stereocenters. The summed E-state index contributed by atoms with van der Waals surface area (Å²) in [4.78, 5) is 0. The Kier molecular flexibility index (Phi) is 7.63. The van der Waals surface area contributed by atoms with Gasteiger partial charge in [0.1, 0.15) is 18.1 Å². The average Bonchev–Trinajstić information content (AvgIpc) is 2.69. The highest BCUT2D eigenvalue weighted by atomic mass is 79.9. The number of hydrogen-bond acceptors (Lipinski definition) is 3. The summed E-state index contributed by atoms with van der Waals surface area (Å²) >= 11 is 15.7. The number of rotatable bonds is 8. The topological polar surface area (TPSA) is 30.5 Å². The predicted molar refractivity (Wildman–Crippen MR) is 118 cm³/mol. The van der Waals surface area contributed by atoms with Gasteiger partial charge in [-0.1, -0.05) is 57.3 Å². The minimum Gasteiger partial charge on any atom is -0.497 e. The van der Waals surface area contributed by atoms with E-state index >= 15 is 0 Å². The third-order valence-corrected chi connectivity index (χ3v) is 5.30. The Balaban J connectivity index is 1.62. The predicted octanol–water partition coefficient (Wildman–Crippen LogP) is 6.63. The summed E-state index contributed by atoms with van der Waals surface area (Å²) in [7, 11) is 1.67. The van der Waals surface area contributed by atoms with Crippen molar-refractivity contribution in [1.82, 2.24) is 5.32 Å². The number of halogens is 3. The average molecular weight is 481 g/mol. The van der Waals surface area contributed by atoms with Crippen LogP contribution in [0.1, 0.15) is 16.7 Å². The summed E-state index contributed by atoms with van der Waals surface area (Å²) in [6.07, 6.45) is 0. The summed E-state index contributed by atoms with van der Waals surface area (Å²) < 4.78 is 12.2. The Morgan fingerprint density at radius 2 is 1.68 bits per heavy atom. The lowest BCUT2D eigenvalue weighted by molar-refractivity contribution is 0.302. The highest BCUT2D eigenvalue weighted by Gasteiger charge is 2.08. The maximum Gasteiger partial charge on any atom is 0.124 e. The molecule has 0 aliphatic rings. The molecule has 0 aliphatic heterocycles. The van der Waals surface area contributed by atoms with Crippen LogP contribution in [0.3, 0.4) is 0 Å². The van der Waals surface area contributed by atoms with Crippen LogP contribution in [0.5, 0.6) is 11.5 Å². The van der Waals surface area contributed by atoms with E-state index in [4.69, 9.17) is 32.7 Å². The minimum absolute atomic E-state index is 0.378. The van der Waals surface area contributed by atoms with Gasteiger partial charge in [0.2, 0.25) is 0 Å². The number of benzene rings is 3. The molecular formula is C22H20BrCl2NO2. The molecule has 0 radical (unpaired) electrons. The molecule has 0 bridgehead atoms. The van der Waals surface area contributed by atoms with E-state index in [0.717, 1.165) is 33.6 Å². The molecular weight excluding hydrogens is 461 g/mol. The summed E-state index contributed by atoms with van der Waals surface area (Å²) in [5.41, 5.74) is 3.14. The van der Waals surface area contributed by atoms with Gasteiger partial charge in [-0.2, -0.15) is 0 Å². The molecule has 0 heterocycles. The van der Waals surface area contributed by atoms with Crippen LogP contribution in [0.2, 0.25) is 10.0 Å². The van der Waals surface area contributed by atoms with E-state index in [1.54, 1.807) is 13.2 Å². The lowest BCUT2D eigenvalue weighted by atomic mass is 10.1. The van der Waals surface area contributed by atoms with Crippen LogP contribution in [0.15, 0.2) is 65.1 Å². The van der Waals surface area contributed by atoms with Crippen LogP contribution in [-0.4, -0.2) is 7.11 Å². The van der Waals surface area contributed by atoms with Crippen molar-refractivity contribution in [1.29, 1.82) is 0 Å². The van der Waals surface area contributed by atoms with E-state index in [0.29, 0.717) is 23.2 Å². The first kappa shape index (κ1) is 21.0. The van der Waals surface area contributed by atoms with Gasteiger partial charge in [0.25, 0.3) is 0 Å². The molecule has 0 saturated heterocycles. The fraction of sp³-hybridized carbons (Fsp3) is 0.182. The Bertz CT molecular complexity index is 932. The van der Waals surface area contributed by atoms with Gasteiger partial charge in [-0.15, -0.1) is 0 Å². The quantitative estimate of drug-likeness (QED) is 0.392. The molecule has 0 aromatic heterocycles. The third-order valence-electron chi connectivity index (χ3n) is 4.22. The largest absolute Gasteiger partial charge is 0.497 e. The molecule has 3 nitrogen and oxygen atoms in total. The van der Waals surface area contributed by atoms with E-state index in [1.807, 2.05) is 48.5 Å². The molecule has 0 spiro atoms. The molecule has 146 valence electrons. The standard InChI is InChI=1S/C22H20BrCl2NO2/c1-27-20-7-2-15(3-8-20)12-26-13-17-10-18(23)5-9-22(17)28-14-16-4-6-19(24)11-21(16)25/h2-11,26H,12-14H2,1H3. The van der Waals surface area contributed by atoms with Gasteiger partial charge in [0.15, 0.2) is 0 Å². The zero-order valence-corrected chi connectivity index (χ0v) is 18.4. The second-order valence-corrected chi connectivity index (χ2v) is 7.99. The minimum atomic E-state index is 0.378. The normalized spacial score (nSPS) is 10.7. The first-order valence-corrected chi connectivity index (χ1v) is 10.3. The maximum atomic E-state index is 6.24. The maximum absolute atomic E-state index is 6.24. The van der Waals surface area contributed by atoms with Crippen LogP contribution >= 0.6 is 39.1 Å². The fourth-order valence-electron chi connectivity index (χ4n) is 2.71. The van der Waals surface area contributed by atoms with Crippen LogP contribution < -0.4 is 14.8 Å². The summed E-state index contributed by atoms with van der Waals surface area (Å²) in [5.74, 6) is 1.67. The summed E-state index contributed by atoms with van der Waals surface area (Å²) in [6.45, 7) is 1.80. The van der Waals surface area contributed by atoms with Crippen molar-refractivity contribution in [2.75, 3.05) is 7.11 Å². The van der Waals surface area contributed by atoms with Crippen LogP contribution in [0.25, 0.3) is 0 Å². The van der Waals surface area contributed by atoms with Gasteiger partial charge in [0, 0.05) is 38.7 Å². The number of ether oxygens (including phenoxy) is 2. The van der Waals surface area contributed by atoms with Crippen LogP contribution in [0, 0.1) is 0 Å². The van der Waals surface area contributed by atoms with E-state index in [9.17, 15) is 0 Å². The SMILES string of the molecule is COc1ccc(CNCc2cc(Br)ccc2OCc2ccc(Cl)cc2Cl)cc1. The van der Waals surface area contributed by atoms with Crippen LogP contribution in [0.4, 0.5) is 0 Å². The van der Waals surface area contributed by atoms with Crippen molar-refractivity contribution in [2.45, 2.75) is 19.7 Å². The molecule has 28 heavy (non-hydrogen) atoms. The monoisotopic (exact) mass is 479 g/mol.